The molecule has 0 unspecified atom stereocenters. The van der Waals surface area contributed by atoms with E-state index in [2.05, 4.69) is 9.73 Å². The lowest BCUT2D eigenvalue weighted by molar-refractivity contribution is -0.140. The van der Waals surface area contributed by atoms with Crippen LogP contribution in [0, 0.1) is 0 Å². The van der Waals surface area contributed by atoms with Crippen LogP contribution < -0.4 is 4.74 Å². The summed E-state index contributed by atoms with van der Waals surface area (Å²) in [5.74, 6) is -1.22. The average Bonchev–Trinajstić information content (AvgIpc) is 2.56. The number of nitrogens with zero attached hydrogens (tertiary/aromatic N) is 1. The molecule has 0 fully saturated rings. The quantitative estimate of drug-likeness (QED) is 0.326. The topological polar surface area (TPSA) is 57.1 Å². The molecule has 0 N–H and O–H groups in total. The van der Waals surface area contributed by atoms with Crippen LogP contribution in [0.5, 0.6) is 5.75 Å². The first-order valence-corrected chi connectivity index (χ1v) is 7.01. The van der Waals surface area contributed by atoms with E-state index in [0.717, 1.165) is 0 Å². The molecule has 0 spiro atoms. The Morgan fingerprint density at radius 3 is 2.38 bits per heavy atom. The van der Waals surface area contributed by atoms with Crippen molar-refractivity contribution in [3.63, 3.8) is 0 Å². The van der Waals surface area contributed by atoms with Gasteiger partial charge in [0.05, 0.1) is 19.9 Å². The van der Waals surface area contributed by atoms with E-state index < -0.39 is 18.0 Å². The predicted octanol–water partition coefficient (Wildman–Crippen LogP) is 3.81. The van der Waals surface area contributed by atoms with Gasteiger partial charge in [0.1, 0.15) is 12.4 Å². The van der Waals surface area contributed by atoms with Gasteiger partial charge in [0.15, 0.2) is 0 Å². The summed E-state index contributed by atoms with van der Waals surface area (Å²) in [7, 11) is 2.72. The van der Waals surface area contributed by atoms with Gasteiger partial charge in [0, 0.05) is 6.42 Å². The van der Waals surface area contributed by atoms with Crippen LogP contribution in [0.15, 0.2) is 41.4 Å². The lowest BCUT2D eigenvalue weighted by atomic mass is 10.3. The van der Waals surface area contributed by atoms with Crippen LogP contribution in [-0.2, 0) is 14.3 Å². The number of aliphatic imine (C=N–C) groups is 1. The van der Waals surface area contributed by atoms with Crippen LogP contribution >= 0.6 is 0 Å². The van der Waals surface area contributed by atoms with E-state index in [0.29, 0.717) is 12.2 Å². The molecule has 5 nitrogen and oxygen atoms in total. The Bertz CT molecular complexity index is 580. The normalized spacial score (nSPS) is 12.3. The van der Waals surface area contributed by atoms with Gasteiger partial charge in [-0.2, -0.15) is 13.2 Å². The van der Waals surface area contributed by atoms with Crippen molar-refractivity contribution in [3.8, 4) is 5.75 Å². The number of esters is 1. The second-order valence-electron chi connectivity index (χ2n) is 4.51. The molecule has 8 heteroatoms. The molecule has 0 radical (unpaired) electrons. The Hall–Kier alpha value is -2.51. The Labute approximate surface area is 137 Å². The van der Waals surface area contributed by atoms with E-state index in [-0.39, 0.29) is 18.7 Å². The van der Waals surface area contributed by atoms with Gasteiger partial charge < -0.3 is 14.2 Å². The molecule has 0 aliphatic rings. The van der Waals surface area contributed by atoms with Crippen LogP contribution in [0.25, 0.3) is 0 Å². The highest BCUT2D eigenvalue weighted by atomic mass is 19.4. The number of hydrogen-bond acceptors (Lipinski definition) is 5. The minimum atomic E-state index is -4.71. The van der Waals surface area contributed by atoms with Gasteiger partial charge in [-0.15, -0.1) is 0 Å². The molecule has 24 heavy (non-hydrogen) atoms. The lowest BCUT2D eigenvalue weighted by Gasteiger charge is -2.11. The standard InChI is InChI=1S/C16H18F3NO4/c1-22-13-9-7-12(8-10-13)20-15(16(17,18)19)24-11-5-3-4-6-14(21)23-2/h3,5,7-10H,4,6,11H2,1-2H3/b5-3-,20-15?. The molecular weight excluding hydrogens is 327 g/mol. The minimum Gasteiger partial charge on any atom is -0.497 e. The summed E-state index contributed by atoms with van der Waals surface area (Å²) in [6, 6.07) is 5.78. The maximum Gasteiger partial charge on any atom is 0.468 e. The minimum absolute atomic E-state index is 0.0952. The summed E-state index contributed by atoms with van der Waals surface area (Å²) in [6.45, 7) is -0.310. The van der Waals surface area contributed by atoms with Crippen molar-refractivity contribution in [2.45, 2.75) is 19.0 Å². The summed E-state index contributed by atoms with van der Waals surface area (Å²) in [5, 5.41) is 0. The van der Waals surface area contributed by atoms with Crippen molar-refractivity contribution >= 4 is 17.6 Å². The fourth-order valence-electron chi connectivity index (χ4n) is 1.57. The molecule has 0 atom stereocenters. The third-order valence-electron chi connectivity index (χ3n) is 2.77. The van der Waals surface area contributed by atoms with Crippen LogP contribution in [0.2, 0.25) is 0 Å². The smallest absolute Gasteiger partial charge is 0.468 e. The molecule has 0 saturated heterocycles. The van der Waals surface area contributed by atoms with Crippen molar-refractivity contribution in [3.05, 3.63) is 36.4 Å². The second kappa shape index (κ2) is 9.59. The van der Waals surface area contributed by atoms with Crippen molar-refractivity contribution in [1.29, 1.82) is 0 Å². The Morgan fingerprint density at radius 1 is 1.17 bits per heavy atom. The number of rotatable bonds is 7. The monoisotopic (exact) mass is 345 g/mol. The summed E-state index contributed by atoms with van der Waals surface area (Å²) in [5.41, 5.74) is 0.0952. The summed E-state index contributed by atoms with van der Waals surface area (Å²) in [4.78, 5) is 14.3. The number of allylic oxidation sites excluding steroid dienone is 1. The van der Waals surface area contributed by atoms with Gasteiger partial charge >= 0.3 is 12.1 Å². The summed E-state index contributed by atoms with van der Waals surface area (Å²) >= 11 is 0. The largest absolute Gasteiger partial charge is 0.497 e. The number of ether oxygens (including phenoxy) is 3. The number of hydrogen-bond donors (Lipinski definition) is 0. The third kappa shape index (κ3) is 7.17. The van der Waals surface area contributed by atoms with Crippen LogP contribution in [0.4, 0.5) is 18.9 Å². The number of benzene rings is 1. The van der Waals surface area contributed by atoms with E-state index in [1.54, 1.807) is 0 Å². The Balaban J connectivity index is 2.64. The zero-order chi connectivity index (χ0) is 18.0. The maximum absolute atomic E-state index is 12.9. The third-order valence-corrected chi connectivity index (χ3v) is 2.77. The van der Waals surface area contributed by atoms with Gasteiger partial charge in [-0.05, 0) is 30.7 Å². The van der Waals surface area contributed by atoms with Crippen molar-refractivity contribution < 1.29 is 32.2 Å². The van der Waals surface area contributed by atoms with E-state index in [1.165, 1.54) is 50.6 Å². The molecule has 0 saturated carbocycles. The van der Waals surface area contributed by atoms with E-state index in [9.17, 15) is 18.0 Å². The number of halogens is 3. The molecule has 1 rings (SSSR count). The van der Waals surface area contributed by atoms with E-state index in [4.69, 9.17) is 9.47 Å². The van der Waals surface area contributed by atoms with Crippen LogP contribution in [0.1, 0.15) is 12.8 Å². The highest BCUT2D eigenvalue weighted by molar-refractivity contribution is 5.84. The molecule has 1 aromatic carbocycles. The predicted molar refractivity (Wildman–Crippen MR) is 82.5 cm³/mol. The number of carbonyl (C=O) groups is 1. The highest BCUT2D eigenvalue weighted by Gasteiger charge is 2.38. The van der Waals surface area contributed by atoms with Crippen molar-refractivity contribution in [2.75, 3.05) is 20.8 Å². The molecule has 1 aromatic rings. The van der Waals surface area contributed by atoms with Crippen molar-refractivity contribution in [2.24, 2.45) is 4.99 Å². The van der Waals surface area contributed by atoms with E-state index in [1.807, 2.05) is 0 Å². The van der Waals surface area contributed by atoms with Crippen LogP contribution in [-0.4, -0.2) is 38.9 Å². The fraction of sp³-hybridized carbons (Fsp3) is 0.375. The SMILES string of the molecule is COC(=O)CC/C=C\COC(=Nc1ccc(OC)cc1)C(F)(F)F. The fourth-order valence-corrected chi connectivity index (χ4v) is 1.57. The van der Waals surface area contributed by atoms with Gasteiger partial charge in [0.25, 0.3) is 5.90 Å². The van der Waals surface area contributed by atoms with Gasteiger partial charge in [0.2, 0.25) is 0 Å². The molecule has 0 heterocycles. The number of carbonyl (C=O) groups excluding carboxylic acids is 1. The van der Waals surface area contributed by atoms with Gasteiger partial charge in [-0.25, -0.2) is 4.99 Å². The zero-order valence-corrected chi connectivity index (χ0v) is 13.3. The first kappa shape index (κ1) is 19.5. The molecule has 0 aromatic heterocycles. The van der Waals surface area contributed by atoms with Crippen LogP contribution in [0.3, 0.4) is 0 Å². The number of methoxy groups -OCH3 is 2. The average molecular weight is 345 g/mol. The highest BCUT2D eigenvalue weighted by Crippen LogP contribution is 2.24. The molecule has 132 valence electrons. The summed E-state index contributed by atoms with van der Waals surface area (Å²) in [6.07, 6.45) is -1.28. The molecule has 0 amide bonds. The maximum atomic E-state index is 12.9. The molecule has 0 aliphatic carbocycles. The van der Waals surface area contributed by atoms with Gasteiger partial charge in [-0.1, -0.05) is 12.2 Å². The number of alkyl halides is 3. The molecular formula is C16H18F3NO4. The Kier molecular flexibility index (Phi) is 7.81. The lowest BCUT2D eigenvalue weighted by Crippen LogP contribution is -2.25. The first-order chi connectivity index (χ1) is 11.4. The second-order valence-corrected chi connectivity index (χ2v) is 4.51. The molecule has 0 aliphatic heterocycles. The Morgan fingerprint density at radius 2 is 1.83 bits per heavy atom. The zero-order valence-electron chi connectivity index (χ0n) is 13.3. The first-order valence-electron chi connectivity index (χ1n) is 7.01. The van der Waals surface area contributed by atoms with Gasteiger partial charge in [-0.3, -0.25) is 4.79 Å². The molecule has 0 bridgehead atoms. The van der Waals surface area contributed by atoms with Crippen molar-refractivity contribution in [1.82, 2.24) is 0 Å². The van der Waals surface area contributed by atoms with E-state index >= 15 is 0 Å². The summed E-state index contributed by atoms with van der Waals surface area (Å²) < 4.78 is 52.8.